The third kappa shape index (κ3) is 6.94. The molecule has 0 aliphatic carbocycles. The molecule has 0 saturated carbocycles. The minimum Gasteiger partial charge on any atom is -0.391 e. The Bertz CT molecular complexity index is 308. The second-order valence-electron chi connectivity index (χ2n) is 3.89. The Kier molecular flexibility index (Phi) is 7.84. The maximum atomic E-state index is 11.3. The van der Waals surface area contributed by atoms with Crippen LogP contribution in [0.15, 0.2) is 0 Å². The zero-order valence-corrected chi connectivity index (χ0v) is 10.1. The number of nitrogens with two attached hydrogens (primary N) is 4. The Morgan fingerprint density at radius 3 is 1.94 bits per heavy atom. The normalized spacial score (nSPS) is 13.7. The van der Waals surface area contributed by atoms with E-state index in [0.717, 1.165) is 0 Å². The SMILES string of the molecule is NCCC[C@@H](N)C(=O)OC(=O)[C@@H](N)CCC(N)=O. The molecule has 0 aliphatic heterocycles. The van der Waals surface area contributed by atoms with E-state index in [2.05, 4.69) is 4.74 Å². The summed E-state index contributed by atoms with van der Waals surface area (Å²) in [6, 6.07) is -1.97. The Hall–Kier alpha value is -1.51. The van der Waals surface area contributed by atoms with Crippen LogP contribution in [-0.4, -0.2) is 36.5 Å². The molecule has 8 nitrogen and oxygen atoms in total. The van der Waals surface area contributed by atoms with E-state index in [4.69, 9.17) is 22.9 Å². The van der Waals surface area contributed by atoms with Gasteiger partial charge >= 0.3 is 11.9 Å². The molecule has 0 unspecified atom stereocenters. The van der Waals surface area contributed by atoms with Gasteiger partial charge in [-0.2, -0.15) is 0 Å². The highest BCUT2D eigenvalue weighted by Crippen LogP contribution is 2.00. The van der Waals surface area contributed by atoms with Gasteiger partial charge in [0.15, 0.2) is 0 Å². The Balaban J connectivity index is 4.05. The summed E-state index contributed by atoms with van der Waals surface area (Å²) < 4.78 is 4.48. The summed E-state index contributed by atoms with van der Waals surface area (Å²) in [6.45, 7) is 0.396. The number of ether oxygens (including phenoxy) is 1. The maximum Gasteiger partial charge on any atom is 0.330 e. The number of carbonyl (C=O) groups is 3. The quantitative estimate of drug-likeness (QED) is 0.282. The van der Waals surface area contributed by atoms with Crippen molar-refractivity contribution in [3.05, 3.63) is 0 Å². The van der Waals surface area contributed by atoms with E-state index in [1.807, 2.05) is 0 Å². The second kappa shape index (κ2) is 8.56. The fourth-order valence-electron chi connectivity index (χ4n) is 1.12. The van der Waals surface area contributed by atoms with E-state index >= 15 is 0 Å². The minimum atomic E-state index is -1.07. The van der Waals surface area contributed by atoms with Crippen LogP contribution >= 0.6 is 0 Å². The van der Waals surface area contributed by atoms with Crippen LogP contribution in [0.5, 0.6) is 0 Å². The van der Waals surface area contributed by atoms with Crippen LogP contribution in [0, 0.1) is 0 Å². The number of carbonyl (C=O) groups excluding carboxylic acids is 3. The van der Waals surface area contributed by atoms with Gasteiger partial charge in [0.25, 0.3) is 0 Å². The Morgan fingerprint density at radius 1 is 1.00 bits per heavy atom. The van der Waals surface area contributed by atoms with Crippen molar-refractivity contribution < 1.29 is 19.1 Å². The van der Waals surface area contributed by atoms with Crippen LogP contribution in [-0.2, 0) is 19.1 Å². The molecule has 8 heteroatoms. The van der Waals surface area contributed by atoms with Gasteiger partial charge in [-0.1, -0.05) is 0 Å². The van der Waals surface area contributed by atoms with Gasteiger partial charge in [0.1, 0.15) is 12.1 Å². The molecule has 0 bridgehead atoms. The average molecular weight is 260 g/mol. The first-order valence-electron chi connectivity index (χ1n) is 5.63. The predicted molar refractivity (Wildman–Crippen MR) is 63.8 cm³/mol. The summed E-state index contributed by atoms with van der Waals surface area (Å²) in [4.78, 5) is 33.2. The first-order chi connectivity index (χ1) is 8.38. The number of hydrogen-bond donors (Lipinski definition) is 4. The molecule has 104 valence electrons. The van der Waals surface area contributed by atoms with E-state index in [0.29, 0.717) is 19.4 Å². The summed E-state index contributed by atoms with van der Waals surface area (Å²) in [5.41, 5.74) is 21.1. The third-order valence-electron chi connectivity index (χ3n) is 2.23. The van der Waals surface area contributed by atoms with Crippen molar-refractivity contribution in [2.45, 2.75) is 37.8 Å². The summed E-state index contributed by atoms with van der Waals surface area (Å²) in [5, 5.41) is 0. The molecule has 0 saturated heterocycles. The van der Waals surface area contributed by atoms with Crippen molar-refractivity contribution in [2.75, 3.05) is 6.54 Å². The van der Waals surface area contributed by atoms with Gasteiger partial charge in [0.2, 0.25) is 5.91 Å². The van der Waals surface area contributed by atoms with Crippen molar-refractivity contribution in [1.82, 2.24) is 0 Å². The van der Waals surface area contributed by atoms with Gasteiger partial charge in [-0.3, -0.25) is 4.79 Å². The highest BCUT2D eigenvalue weighted by molar-refractivity contribution is 5.90. The largest absolute Gasteiger partial charge is 0.391 e. The molecule has 8 N–H and O–H groups in total. The zero-order chi connectivity index (χ0) is 14.1. The molecule has 0 spiro atoms. The number of hydrogen-bond acceptors (Lipinski definition) is 7. The van der Waals surface area contributed by atoms with Crippen molar-refractivity contribution >= 4 is 17.8 Å². The number of esters is 2. The molecule has 0 radical (unpaired) electrons. The van der Waals surface area contributed by atoms with Crippen molar-refractivity contribution in [2.24, 2.45) is 22.9 Å². The Morgan fingerprint density at radius 2 is 1.50 bits per heavy atom. The van der Waals surface area contributed by atoms with Crippen LogP contribution in [0.2, 0.25) is 0 Å². The molecule has 1 amide bonds. The summed E-state index contributed by atoms with van der Waals surface area (Å²) in [6.07, 6.45) is 0.862. The molecule has 0 rings (SSSR count). The van der Waals surface area contributed by atoms with Gasteiger partial charge < -0.3 is 27.7 Å². The minimum absolute atomic E-state index is 0.0273. The van der Waals surface area contributed by atoms with Crippen molar-refractivity contribution in [3.8, 4) is 0 Å². The fraction of sp³-hybridized carbons (Fsp3) is 0.700. The van der Waals surface area contributed by atoms with Gasteiger partial charge in [-0.25, -0.2) is 9.59 Å². The Labute approximate surface area is 105 Å². The molecule has 0 aromatic heterocycles. The molecular weight excluding hydrogens is 240 g/mol. The van der Waals surface area contributed by atoms with E-state index < -0.39 is 29.9 Å². The summed E-state index contributed by atoms with van der Waals surface area (Å²) in [7, 11) is 0. The van der Waals surface area contributed by atoms with Crippen LogP contribution in [0.3, 0.4) is 0 Å². The summed E-state index contributed by atoms with van der Waals surface area (Å²) in [5.74, 6) is -2.34. The topological polar surface area (TPSA) is 165 Å². The van der Waals surface area contributed by atoms with E-state index in [1.54, 1.807) is 0 Å². The van der Waals surface area contributed by atoms with E-state index in [1.165, 1.54) is 0 Å². The van der Waals surface area contributed by atoms with E-state index in [-0.39, 0.29) is 12.8 Å². The van der Waals surface area contributed by atoms with Crippen molar-refractivity contribution in [1.29, 1.82) is 0 Å². The van der Waals surface area contributed by atoms with Gasteiger partial charge in [0, 0.05) is 6.42 Å². The smallest absolute Gasteiger partial charge is 0.330 e. The van der Waals surface area contributed by atoms with Crippen LogP contribution in [0.25, 0.3) is 0 Å². The lowest BCUT2D eigenvalue weighted by Gasteiger charge is -2.12. The lowest BCUT2D eigenvalue weighted by atomic mass is 10.1. The van der Waals surface area contributed by atoms with Gasteiger partial charge in [-0.15, -0.1) is 0 Å². The molecule has 0 aliphatic rings. The molecule has 0 aromatic carbocycles. The second-order valence-corrected chi connectivity index (χ2v) is 3.89. The van der Waals surface area contributed by atoms with Crippen molar-refractivity contribution in [3.63, 3.8) is 0 Å². The lowest BCUT2D eigenvalue weighted by molar-refractivity contribution is -0.161. The van der Waals surface area contributed by atoms with Gasteiger partial charge in [0.05, 0.1) is 0 Å². The molecule has 2 atom stereocenters. The van der Waals surface area contributed by atoms with Crippen LogP contribution in [0.1, 0.15) is 25.7 Å². The number of primary amides is 1. The van der Waals surface area contributed by atoms with Crippen LogP contribution < -0.4 is 22.9 Å². The first kappa shape index (κ1) is 16.5. The number of amides is 1. The maximum absolute atomic E-state index is 11.3. The molecule has 0 fully saturated rings. The highest BCUT2D eigenvalue weighted by atomic mass is 16.6. The first-order valence-corrected chi connectivity index (χ1v) is 5.63. The third-order valence-corrected chi connectivity index (χ3v) is 2.23. The van der Waals surface area contributed by atoms with Crippen LogP contribution in [0.4, 0.5) is 0 Å². The average Bonchev–Trinajstić information content (AvgIpc) is 2.32. The summed E-state index contributed by atoms with van der Waals surface area (Å²) >= 11 is 0. The fourth-order valence-corrected chi connectivity index (χ4v) is 1.12. The zero-order valence-electron chi connectivity index (χ0n) is 10.1. The number of rotatable bonds is 8. The van der Waals surface area contributed by atoms with E-state index in [9.17, 15) is 14.4 Å². The lowest BCUT2D eigenvalue weighted by Crippen LogP contribution is -2.40. The monoisotopic (exact) mass is 260 g/mol. The molecular formula is C10H20N4O4. The standard InChI is InChI=1S/C10H20N4O4/c11-5-1-2-6(12)9(16)18-10(17)7(13)3-4-8(14)15/h6-7H,1-5,11-13H2,(H2,14,15)/t6-,7+/m1/s1. The molecule has 0 aromatic rings. The molecule has 18 heavy (non-hydrogen) atoms. The molecule has 0 heterocycles. The predicted octanol–water partition coefficient (Wildman–Crippen LogP) is -2.28. The highest BCUT2D eigenvalue weighted by Gasteiger charge is 2.22. The van der Waals surface area contributed by atoms with Gasteiger partial charge in [-0.05, 0) is 25.8 Å².